The van der Waals surface area contributed by atoms with E-state index in [0.717, 1.165) is 6.42 Å². The zero-order valence-corrected chi connectivity index (χ0v) is 11.6. The summed E-state index contributed by atoms with van der Waals surface area (Å²) < 4.78 is 23.3. The predicted molar refractivity (Wildman–Crippen MR) is 70.6 cm³/mol. The number of alkyl halides is 1. The molecule has 0 unspecified atom stereocenters. The molecule has 0 amide bonds. The lowest BCUT2D eigenvalue weighted by Gasteiger charge is -2.23. The van der Waals surface area contributed by atoms with Crippen molar-refractivity contribution >= 4 is 27.3 Å². The molecule has 1 aromatic rings. The Morgan fingerprint density at radius 1 is 1.47 bits per heavy atom. The van der Waals surface area contributed by atoms with E-state index >= 15 is 0 Å². The fraction of sp³-hybridized carbons (Fsp3) is 0.545. The van der Waals surface area contributed by atoms with Gasteiger partial charge in [0.15, 0.2) is 9.84 Å². The molecular formula is C11H17ClN2O2S. The van der Waals surface area contributed by atoms with Crippen molar-refractivity contribution in [3.8, 4) is 0 Å². The lowest BCUT2D eigenvalue weighted by molar-refractivity contribution is 0.600. The minimum absolute atomic E-state index is 0.274. The smallest absolute Gasteiger partial charge is 0.179 e. The first-order chi connectivity index (χ1) is 8.00. The predicted octanol–water partition coefficient (Wildman–Crippen LogP) is 1.94. The summed E-state index contributed by atoms with van der Waals surface area (Å²) >= 11 is 5.65. The Hall–Kier alpha value is -0.810. The Balaban J connectivity index is 3.11. The Morgan fingerprint density at radius 2 is 2.18 bits per heavy atom. The van der Waals surface area contributed by atoms with Crippen LogP contribution in [0.2, 0.25) is 0 Å². The maximum atomic E-state index is 11.7. The monoisotopic (exact) mass is 276 g/mol. The molecule has 0 atom stereocenters. The van der Waals surface area contributed by atoms with Gasteiger partial charge in [-0.25, -0.2) is 13.4 Å². The van der Waals surface area contributed by atoms with E-state index in [-0.39, 0.29) is 4.90 Å². The van der Waals surface area contributed by atoms with Crippen molar-refractivity contribution in [2.75, 3.05) is 30.1 Å². The lowest BCUT2D eigenvalue weighted by atomic mass is 10.3. The molecule has 0 aromatic carbocycles. The summed E-state index contributed by atoms with van der Waals surface area (Å²) in [4.78, 5) is 6.38. The molecule has 0 aliphatic carbocycles. The van der Waals surface area contributed by atoms with E-state index in [1.807, 2.05) is 11.8 Å². The van der Waals surface area contributed by atoms with Crippen LogP contribution in [-0.2, 0) is 9.84 Å². The van der Waals surface area contributed by atoms with Crippen LogP contribution in [-0.4, -0.2) is 38.6 Å². The number of pyridine rings is 1. The number of anilines is 1. The first-order valence-corrected chi connectivity index (χ1v) is 7.89. The third-order valence-corrected chi connectivity index (χ3v) is 3.78. The summed E-state index contributed by atoms with van der Waals surface area (Å²) in [6, 6.07) is 3.22. The lowest BCUT2D eigenvalue weighted by Crippen LogP contribution is -2.27. The first kappa shape index (κ1) is 14.3. The van der Waals surface area contributed by atoms with E-state index in [0.29, 0.717) is 24.8 Å². The molecule has 0 saturated carbocycles. The van der Waals surface area contributed by atoms with E-state index in [4.69, 9.17) is 11.6 Å². The molecular weight excluding hydrogens is 260 g/mol. The van der Waals surface area contributed by atoms with Crippen LogP contribution in [0.15, 0.2) is 23.2 Å². The fourth-order valence-electron chi connectivity index (χ4n) is 1.57. The third-order valence-electron chi connectivity index (χ3n) is 2.39. The van der Waals surface area contributed by atoms with Gasteiger partial charge in [-0.1, -0.05) is 0 Å². The largest absolute Gasteiger partial charge is 0.356 e. The highest BCUT2D eigenvalue weighted by Crippen LogP contribution is 2.22. The molecule has 1 heterocycles. The van der Waals surface area contributed by atoms with Gasteiger partial charge >= 0.3 is 0 Å². The van der Waals surface area contributed by atoms with Crippen molar-refractivity contribution in [2.45, 2.75) is 18.2 Å². The van der Waals surface area contributed by atoms with Gasteiger partial charge in [0.1, 0.15) is 10.7 Å². The summed E-state index contributed by atoms with van der Waals surface area (Å²) in [6.07, 6.45) is 3.60. The Morgan fingerprint density at radius 3 is 2.71 bits per heavy atom. The summed E-state index contributed by atoms with van der Waals surface area (Å²) in [7, 11) is -3.25. The molecule has 17 heavy (non-hydrogen) atoms. The molecule has 1 rings (SSSR count). The quantitative estimate of drug-likeness (QED) is 0.745. The molecule has 0 N–H and O–H groups in total. The Kier molecular flexibility index (Phi) is 5.21. The second-order valence-electron chi connectivity index (χ2n) is 3.72. The van der Waals surface area contributed by atoms with Crippen LogP contribution in [0.3, 0.4) is 0 Å². The molecule has 0 aliphatic rings. The minimum atomic E-state index is -3.25. The number of aromatic nitrogens is 1. The van der Waals surface area contributed by atoms with E-state index in [9.17, 15) is 8.42 Å². The number of hydrogen-bond donors (Lipinski definition) is 0. The van der Waals surface area contributed by atoms with Crippen molar-refractivity contribution in [3.05, 3.63) is 18.3 Å². The van der Waals surface area contributed by atoms with Crippen molar-refractivity contribution in [1.29, 1.82) is 0 Å². The highest BCUT2D eigenvalue weighted by Gasteiger charge is 2.17. The molecule has 0 saturated heterocycles. The van der Waals surface area contributed by atoms with Crippen LogP contribution in [0.5, 0.6) is 0 Å². The van der Waals surface area contributed by atoms with Gasteiger partial charge in [0.05, 0.1) is 0 Å². The van der Waals surface area contributed by atoms with Crippen molar-refractivity contribution in [3.63, 3.8) is 0 Å². The number of sulfone groups is 1. The van der Waals surface area contributed by atoms with Gasteiger partial charge in [0, 0.05) is 31.4 Å². The molecule has 1 aromatic heterocycles. The van der Waals surface area contributed by atoms with Gasteiger partial charge < -0.3 is 4.90 Å². The van der Waals surface area contributed by atoms with Gasteiger partial charge in [0.2, 0.25) is 0 Å². The topological polar surface area (TPSA) is 50.3 Å². The fourth-order valence-corrected chi connectivity index (χ4v) is 2.53. The third kappa shape index (κ3) is 3.85. The second-order valence-corrected chi connectivity index (χ2v) is 6.08. The molecule has 0 fully saturated rings. The van der Waals surface area contributed by atoms with E-state index in [1.54, 1.807) is 18.3 Å². The molecule has 96 valence electrons. The number of rotatable bonds is 6. The second kappa shape index (κ2) is 6.21. The van der Waals surface area contributed by atoms with Crippen LogP contribution in [0.25, 0.3) is 0 Å². The van der Waals surface area contributed by atoms with Crippen molar-refractivity contribution in [2.24, 2.45) is 0 Å². The SMILES string of the molecule is CCN(CCCCl)c1ncccc1S(C)(=O)=O. The van der Waals surface area contributed by atoms with E-state index in [2.05, 4.69) is 4.98 Å². The highest BCUT2D eigenvalue weighted by atomic mass is 35.5. The van der Waals surface area contributed by atoms with E-state index < -0.39 is 9.84 Å². The number of nitrogens with zero attached hydrogens (tertiary/aromatic N) is 2. The van der Waals surface area contributed by atoms with Crippen molar-refractivity contribution < 1.29 is 8.42 Å². The summed E-state index contributed by atoms with van der Waals surface area (Å²) in [6.45, 7) is 3.38. The van der Waals surface area contributed by atoms with Gasteiger partial charge in [-0.3, -0.25) is 0 Å². The first-order valence-electron chi connectivity index (χ1n) is 5.46. The number of halogens is 1. The summed E-state index contributed by atoms with van der Waals surface area (Å²) in [5, 5.41) is 0. The molecule has 0 aliphatic heterocycles. The molecule has 0 bridgehead atoms. The zero-order valence-electron chi connectivity index (χ0n) is 10.1. The molecule has 0 radical (unpaired) electrons. The summed E-state index contributed by atoms with van der Waals surface area (Å²) in [5.41, 5.74) is 0. The molecule has 4 nitrogen and oxygen atoms in total. The Bertz CT molecular complexity index is 462. The Labute approximate surface area is 108 Å². The average molecular weight is 277 g/mol. The zero-order chi connectivity index (χ0) is 12.9. The average Bonchev–Trinajstić information content (AvgIpc) is 2.29. The normalized spacial score (nSPS) is 11.5. The molecule has 6 heteroatoms. The standard InChI is InChI=1S/C11H17ClN2O2S/c1-3-14(9-5-7-12)11-10(17(2,15)16)6-4-8-13-11/h4,6,8H,3,5,7,9H2,1-2H3. The van der Waals surface area contributed by atoms with Gasteiger partial charge in [-0.05, 0) is 25.5 Å². The van der Waals surface area contributed by atoms with Crippen LogP contribution in [0.4, 0.5) is 5.82 Å². The summed E-state index contributed by atoms with van der Waals surface area (Å²) in [5.74, 6) is 1.07. The van der Waals surface area contributed by atoms with E-state index in [1.165, 1.54) is 6.26 Å². The van der Waals surface area contributed by atoms with Gasteiger partial charge in [-0.2, -0.15) is 0 Å². The number of hydrogen-bond acceptors (Lipinski definition) is 4. The molecule has 0 spiro atoms. The van der Waals surface area contributed by atoms with Crippen molar-refractivity contribution in [1.82, 2.24) is 4.98 Å². The van der Waals surface area contributed by atoms with Gasteiger partial charge in [0.25, 0.3) is 0 Å². The highest BCUT2D eigenvalue weighted by molar-refractivity contribution is 7.90. The maximum Gasteiger partial charge on any atom is 0.179 e. The van der Waals surface area contributed by atoms with Crippen LogP contribution in [0, 0.1) is 0 Å². The maximum absolute atomic E-state index is 11.7. The minimum Gasteiger partial charge on any atom is -0.356 e. The van der Waals surface area contributed by atoms with Crippen LogP contribution < -0.4 is 4.90 Å². The van der Waals surface area contributed by atoms with Crippen LogP contribution >= 0.6 is 11.6 Å². The van der Waals surface area contributed by atoms with Gasteiger partial charge in [-0.15, -0.1) is 11.6 Å². The van der Waals surface area contributed by atoms with Crippen LogP contribution in [0.1, 0.15) is 13.3 Å².